The molecule has 1 rings (SSSR count). The quantitative estimate of drug-likeness (QED) is 0.561. The van der Waals surface area contributed by atoms with Gasteiger partial charge < -0.3 is 10.8 Å². The molecular formula is C8H11N3O4. The van der Waals surface area contributed by atoms with Crippen LogP contribution >= 0.6 is 0 Å². The summed E-state index contributed by atoms with van der Waals surface area (Å²) in [5.74, 6) is -1.03. The zero-order valence-corrected chi connectivity index (χ0v) is 8.11. The lowest BCUT2D eigenvalue weighted by Gasteiger charge is -2.07. The van der Waals surface area contributed by atoms with E-state index in [1.54, 1.807) is 0 Å². The van der Waals surface area contributed by atoms with Gasteiger partial charge in [-0.05, 0) is 6.92 Å². The molecule has 1 amide bonds. The second-order valence-corrected chi connectivity index (χ2v) is 3.08. The molecule has 0 fully saturated rings. The summed E-state index contributed by atoms with van der Waals surface area (Å²) in [6.07, 6.45) is -0.0844. The first-order valence-corrected chi connectivity index (χ1v) is 4.24. The zero-order valence-electron chi connectivity index (χ0n) is 8.11. The molecule has 0 aliphatic carbocycles. The van der Waals surface area contributed by atoms with E-state index in [1.165, 1.54) is 6.92 Å². The molecule has 7 heteroatoms. The number of nitrogens with zero attached hydrogens (tertiary/aromatic N) is 1. The Kier molecular flexibility index (Phi) is 2.93. The normalized spacial score (nSPS) is 10.2. The van der Waals surface area contributed by atoms with Gasteiger partial charge in [0.25, 0.3) is 5.56 Å². The number of aromatic nitrogens is 2. The van der Waals surface area contributed by atoms with Crippen molar-refractivity contribution >= 4 is 5.91 Å². The van der Waals surface area contributed by atoms with Crippen LogP contribution in [-0.4, -0.2) is 20.6 Å². The number of hydrogen-bond donors (Lipinski definition) is 3. The summed E-state index contributed by atoms with van der Waals surface area (Å²) < 4.78 is 0.890. The van der Waals surface area contributed by atoms with Gasteiger partial charge in [-0.25, -0.2) is 4.79 Å². The monoisotopic (exact) mass is 213 g/mol. The first-order valence-electron chi connectivity index (χ1n) is 4.24. The van der Waals surface area contributed by atoms with Gasteiger partial charge in [-0.2, -0.15) is 0 Å². The van der Waals surface area contributed by atoms with Crippen LogP contribution in [0.15, 0.2) is 9.59 Å². The Labute approximate surface area is 84.2 Å². The average molecular weight is 213 g/mol. The molecule has 0 radical (unpaired) electrons. The van der Waals surface area contributed by atoms with Crippen LogP contribution in [0.2, 0.25) is 0 Å². The summed E-state index contributed by atoms with van der Waals surface area (Å²) in [5.41, 5.74) is 3.52. The Morgan fingerprint density at radius 3 is 2.67 bits per heavy atom. The number of aromatic amines is 1. The van der Waals surface area contributed by atoms with E-state index < -0.39 is 23.0 Å². The molecule has 0 spiro atoms. The Morgan fingerprint density at radius 2 is 2.13 bits per heavy atom. The highest BCUT2D eigenvalue weighted by Crippen LogP contribution is 2.07. The highest BCUT2D eigenvalue weighted by molar-refractivity contribution is 5.73. The first-order chi connectivity index (χ1) is 6.93. The molecule has 0 aliphatic heterocycles. The number of amides is 1. The maximum absolute atomic E-state index is 11.2. The molecule has 0 saturated heterocycles. The molecule has 0 atom stereocenters. The maximum atomic E-state index is 11.2. The van der Waals surface area contributed by atoms with Crippen molar-refractivity contribution in [3.8, 4) is 5.88 Å². The third-order valence-corrected chi connectivity index (χ3v) is 1.98. The minimum atomic E-state index is -0.760. The molecule has 7 nitrogen and oxygen atoms in total. The molecule has 15 heavy (non-hydrogen) atoms. The lowest BCUT2D eigenvalue weighted by atomic mass is 10.3. The van der Waals surface area contributed by atoms with Gasteiger partial charge in [0.15, 0.2) is 0 Å². The van der Waals surface area contributed by atoms with Crippen molar-refractivity contribution < 1.29 is 9.90 Å². The molecule has 0 aromatic carbocycles. The number of carbonyl (C=O) groups excluding carboxylic acids is 1. The molecule has 82 valence electrons. The summed E-state index contributed by atoms with van der Waals surface area (Å²) in [7, 11) is 0. The van der Waals surface area contributed by atoms with Gasteiger partial charge in [0, 0.05) is 13.0 Å². The molecule has 0 saturated carbocycles. The average Bonchev–Trinajstić information content (AvgIpc) is 2.14. The van der Waals surface area contributed by atoms with Gasteiger partial charge in [-0.3, -0.25) is 19.1 Å². The van der Waals surface area contributed by atoms with Crippen LogP contribution in [0, 0.1) is 6.92 Å². The third-order valence-electron chi connectivity index (χ3n) is 1.98. The number of hydrogen-bond acceptors (Lipinski definition) is 4. The number of nitrogens with one attached hydrogen (secondary N) is 1. The van der Waals surface area contributed by atoms with Crippen molar-refractivity contribution in [3.63, 3.8) is 0 Å². The van der Waals surface area contributed by atoms with Gasteiger partial charge in [-0.1, -0.05) is 0 Å². The largest absolute Gasteiger partial charge is 0.494 e. The van der Waals surface area contributed by atoms with E-state index in [2.05, 4.69) is 0 Å². The van der Waals surface area contributed by atoms with E-state index >= 15 is 0 Å². The molecule has 4 N–H and O–H groups in total. The van der Waals surface area contributed by atoms with Crippen molar-refractivity contribution in [2.24, 2.45) is 5.73 Å². The number of aromatic hydroxyl groups is 1. The summed E-state index contributed by atoms with van der Waals surface area (Å²) in [4.78, 5) is 34.8. The van der Waals surface area contributed by atoms with Gasteiger partial charge in [0.1, 0.15) is 0 Å². The molecule has 0 bridgehead atoms. The number of rotatable bonds is 3. The fraction of sp³-hybridized carbons (Fsp3) is 0.375. The van der Waals surface area contributed by atoms with Crippen LogP contribution in [0.4, 0.5) is 0 Å². The fourth-order valence-corrected chi connectivity index (χ4v) is 1.09. The number of primary amides is 1. The van der Waals surface area contributed by atoms with Gasteiger partial charge in [-0.15, -0.1) is 0 Å². The molecular weight excluding hydrogens is 202 g/mol. The van der Waals surface area contributed by atoms with E-state index in [-0.39, 0.29) is 18.5 Å². The Balaban J connectivity index is 3.19. The smallest absolute Gasteiger partial charge is 0.331 e. The highest BCUT2D eigenvalue weighted by atomic mass is 16.3. The zero-order chi connectivity index (χ0) is 11.6. The Bertz CT molecular complexity index is 500. The molecule has 0 unspecified atom stereocenters. The van der Waals surface area contributed by atoms with Crippen molar-refractivity contribution in [1.82, 2.24) is 9.55 Å². The Morgan fingerprint density at radius 1 is 1.53 bits per heavy atom. The topological polar surface area (TPSA) is 118 Å². The van der Waals surface area contributed by atoms with Crippen LogP contribution < -0.4 is 17.0 Å². The SMILES string of the molecule is Cc1c(O)n(CCC(N)=O)c(=O)[nH]c1=O. The van der Waals surface area contributed by atoms with E-state index in [9.17, 15) is 19.5 Å². The van der Waals surface area contributed by atoms with Crippen molar-refractivity contribution in [2.45, 2.75) is 19.9 Å². The first kappa shape index (κ1) is 11.0. The summed E-state index contributed by atoms with van der Waals surface area (Å²) in [5, 5.41) is 9.46. The molecule has 1 aromatic rings. The van der Waals surface area contributed by atoms with Crippen LogP contribution in [0.1, 0.15) is 12.0 Å². The second kappa shape index (κ2) is 3.99. The van der Waals surface area contributed by atoms with E-state index in [0.29, 0.717) is 0 Å². The Hall–Kier alpha value is -2.05. The summed E-state index contributed by atoms with van der Waals surface area (Å²) in [6.45, 7) is 1.31. The lowest BCUT2D eigenvalue weighted by molar-refractivity contribution is -0.118. The predicted molar refractivity (Wildman–Crippen MR) is 51.5 cm³/mol. The van der Waals surface area contributed by atoms with E-state index in [4.69, 9.17) is 5.73 Å². The van der Waals surface area contributed by atoms with Gasteiger partial charge in [0.05, 0.1) is 5.56 Å². The van der Waals surface area contributed by atoms with Crippen LogP contribution in [0.3, 0.4) is 0 Å². The number of nitrogens with two attached hydrogens (primary N) is 1. The highest BCUT2D eigenvalue weighted by Gasteiger charge is 2.10. The third kappa shape index (κ3) is 2.25. The fourth-order valence-electron chi connectivity index (χ4n) is 1.09. The predicted octanol–water partition coefficient (Wildman–Crippen LogP) is -1.57. The van der Waals surface area contributed by atoms with Crippen LogP contribution in [0.5, 0.6) is 5.88 Å². The minimum Gasteiger partial charge on any atom is -0.494 e. The van der Waals surface area contributed by atoms with E-state index in [0.717, 1.165) is 4.57 Å². The lowest BCUT2D eigenvalue weighted by Crippen LogP contribution is -2.32. The second-order valence-electron chi connectivity index (χ2n) is 3.08. The molecule has 0 aliphatic rings. The minimum absolute atomic E-state index is 0.0269. The van der Waals surface area contributed by atoms with Crippen LogP contribution in [-0.2, 0) is 11.3 Å². The van der Waals surface area contributed by atoms with Crippen LogP contribution in [0.25, 0.3) is 0 Å². The van der Waals surface area contributed by atoms with Crippen molar-refractivity contribution in [2.75, 3.05) is 0 Å². The molecule has 1 heterocycles. The number of H-pyrrole nitrogens is 1. The summed E-state index contributed by atoms with van der Waals surface area (Å²) in [6, 6.07) is 0. The maximum Gasteiger partial charge on any atom is 0.331 e. The van der Waals surface area contributed by atoms with Gasteiger partial charge in [0.2, 0.25) is 11.8 Å². The standard InChI is InChI=1S/C8H11N3O4/c1-4-6(13)10-8(15)11(7(4)14)3-2-5(9)12/h14H,2-3H2,1H3,(H2,9,12)(H,10,13,15). The van der Waals surface area contributed by atoms with E-state index in [1.807, 2.05) is 4.98 Å². The summed E-state index contributed by atoms with van der Waals surface area (Å²) >= 11 is 0. The van der Waals surface area contributed by atoms with Gasteiger partial charge >= 0.3 is 5.69 Å². The molecule has 1 aromatic heterocycles. The van der Waals surface area contributed by atoms with Crippen molar-refractivity contribution in [1.29, 1.82) is 0 Å². The van der Waals surface area contributed by atoms with Crippen molar-refractivity contribution in [3.05, 3.63) is 26.4 Å². The number of carbonyl (C=O) groups is 1.